The molecule has 0 atom stereocenters. The highest BCUT2D eigenvalue weighted by atomic mass is 32.2. The molecule has 128 valence electrons. The van der Waals surface area contributed by atoms with E-state index >= 15 is 0 Å². The van der Waals surface area contributed by atoms with Crippen LogP contribution >= 0.6 is 11.8 Å². The van der Waals surface area contributed by atoms with Gasteiger partial charge in [-0.3, -0.25) is 4.79 Å². The van der Waals surface area contributed by atoms with E-state index in [1.807, 2.05) is 31.2 Å². The Balaban J connectivity index is 2.10. The summed E-state index contributed by atoms with van der Waals surface area (Å²) in [6, 6.07) is 14.7. The lowest BCUT2D eigenvalue weighted by atomic mass is 10.0. The number of hydrogen-bond donors (Lipinski definition) is 2. The van der Waals surface area contributed by atoms with Crippen LogP contribution in [0, 0.1) is 6.92 Å². The molecule has 0 radical (unpaired) electrons. The van der Waals surface area contributed by atoms with Gasteiger partial charge in [0.2, 0.25) is 0 Å². The standard InChI is InChI=1S/C20H19NO3S/c1-12-9-13(11-25-2)7-8-17(12)24-18-10-16(20(21)23)19(22)15-6-4-3-5-14(15)18/h3-10,22H,11H2,1-2H3,(H2,21,23). The second kappa shape index (κ2) is 7.07. The molecular weight excluding hydrogens is 334 g/mol. The van der Waals surface area contributed by atoms with Gasteiger partial charge < -0.3 is 15.6 Å². The molecule has 3 aromatic carbocycles. The van der Waals surface area contributed by atoms with E-state index in [0.717, 1.165) is 16.7 Å². The summed E-state index contributed by atoms with van der Waals surface area (Å²) >= 11 is 1.76. The minimum Gasteiger partial charge on any atom is -0.506 e. The van der Waals surface area contributed by atoms with Crippen LogP contribution in [0.15, 0.2) is 48.5 Å². The molecule has 3 rings (SSSR count). The van der Waals surface area contributed by atoms with E-state index in [0.29, 0.717) is 16.9 Å². The van der Waals surface area contributed by atoms with Gasteiger partial charge in [-0.25, -0.2) is 0 Å². The third-order valence-corrected chi connectivity index (χ3v) is 4.64. The van der Waals surface area contributed by atoms with Crippen LogP contribution in [-0.4, -0.2) is 17.3 Å². The van der Waals surface area contributed by atoms with Crippen molar-refractivity contribution in [2.45, 2.75) is 12.7 Å². The number of thioether (sulfide) groups is 1. The van der Waals surface area contributed by atoms with Gasteiger partial charge in [-0.05, 0) is 36.4 Å². The highest BCUT2D eigenvalue weighted by Gasteiger charge is 2.16. The number of carbonyl (C=O) groups is 1. The highest BCUT2D eigenvalue weighted by molar-refractivity contribution is 7.97. The minimum atomic E-state index is -0.694. The van der Waals surface area contributed by atoms with E-state index < -0.39 is 5.91 Å². The molecule has 0 aromatic heterocycles. The van der Waals surface area contributed by atoms with Gasteiger partial charge >= 0.3 is 0 Å². The molecule has 0 bridgehead atoms. The average molecular weight is 353 g/mol. The molecule has 0 aliphatic carbocycles. The molecule has 3 aromatic rings. The van der Waals surface area contributed by atoms with E-state index in [-0.39, 0.29) is 11.3 Å². The van der Waals surface area contributed by atoms with Gasteiger partial charge in [0.15, 0.2) is 0 Å². The fraction of sp³-hybridized carbons (Fsp3) is 0.150. The molecular formula is C20H19NO3S. The third-order valence-electron chi connectivity index (χ3n) is 4.01. The van der Waals surface area contributed by atoms with Crippen LogP contribution in [0.2, 0.25) is 0 Å². The van der Waals surface area contributed by atoms with Gasteiger partial charge in [0.1, 0.15) is 17.2 Å². The molecule has 0 aliphatic heterocycles. The van der Waals surface area contributed by atoms with Crippen LogP contribution in [0.5, 0.6) is 17.2 Å². The van der Waals surface area contributed by atoms with E-state index in [4.69, 9.17) is 10.5 Å². The molecule has 1 amide bonds. The van der Waals surface area contributed by atoms with E-state index in [2.05, 4.69) is 12.3 Å². The SMILES string of the molecule is CSCc1ccc(Oc2cc(C(N)=O)c(O)c3ccccc23)c(C)c1. The lowest BCUT2D eigenvalue weighted by molar-refractivity contribution is 0.0997. The molecule has 4 nitrogen and oxygen atoms in total. The summed E-state index contributed by atoms with van der Waals surface area (Å²) in [5.74, 6) is 1.32. The largest absolute Gasteiger partial charge is 0.506 e. The van der Waals surface area contributed by atoms with Crippen LogP contribution in [0.4, 0.5) is 0 Å². The zero-order valence-electron chi connectivity index (χ0n) is 14.1. The fourth-order valence-corrected chi connectivity index (χ4v) is 3.31. The van der Waals surface area contributed by atoms with E-state index in [1.165, 1.54) is 11.6 Å². The maximum Gasteiger partial charge on any atom is 0.252 e. The number of rotatable bonds is 5. The second-order valence-electron chi connectivity index (χ2n) is 5.82. The van der Waals surface area contributed by atoms with Gasteiger partial charge in [0, 0.05) is 16.5 Å². The quantitative estimate of drug-likeness (QED) is 0.703. The first-order valence-electron chi connectivity index (χ1n) is 7.82. The van der Waals surface area contributed by atoms with Crippen molar-refractivity contribution >= 4 is 28.4 Å². The van der Waals surface area contributed by atoms with Crippen molar-refractivity contribution in [3.05, 3.63) is 65.2 Å². The van der Waals surface area contributed by atoms with E-state index in [1.54, 1.807) is 23.9 Å². The zero-order chi connectivity index (χ0) is 18.0. The molecule has 0 saturated heterocycles. The Kier molecular flexibility index (Phi) is 4.86. The van der Waals surface area contributed by atoms with E-state index in [9.17, 15) is 9.90 Å². The normalized spacial score (nSPS) is 10.8. The number of amides is 1. The number of hydrogen-bond acceptors (Lipinski definition) is 4. The predicted molar refractivity (Wildman–Crippen MR) is 103 cm³/mol. The minimum absolute atomic E-state index is 0.0466. The van der Waals surface area contributed by atoms with Gasteiger partial charge in [0.05, 0.1) is 5.56 Å². The number of primary amides is 1. The number of aryl methyl sites for hydroxylation is 1. The Bertz CT molecular complexity index is 953. The zero-order valence-corrected chi connectivity index (χ0v) is 14.9. The number of benzene rings is 3. The summed E-state index contributed by atoms with van der Waals surface area (Å²) in [5.41, 5.74) is 7.67. The fourth-order valence-electron chi connectivity index (χ4n) is 2.80. The highest BCUT2D eigenvalue weighted by Crippen LogP contribution is 2.38. The van der Waals surface area contributed by atoms with Crippen molar-refractivity contribution in [3.63, 3.8) is 0 Å². The summed E-state index contributed by atoms with van der Waals surface area (Å²) in [5, 5.41) is 11.6. The Morgan fingerprint density at radius 1 is 1.12 bits per heavy atom. The number of fused-ring (bicyclic) bond motifs is 1. The van der Waals surface area contributed by atoms with Crippen molar-refractivity contribution in [2.75, 3.05) is 6.26 Å². The number of aromatic hydroxyl groups is 1. The van der Waals surface area contributed by atoms with Crippen molar-refractivity contribution in [1.82, 2.24) is 0 Å². The van der Waals surface area contributed by atoms with Crippen LogP contribution in [0.1, 0.15) is 21.5 Å². The third kappa shape index (κ3) is 3.42. The van der Waals surface area contributed by atoms with Gasteiger partial charge in [0.25, 0.3) is 5.91 Å². The topological polar surface area (TPSA) is 72.5 Å². The number of carbonyl (C=O) groups excluding carboxylic acids is 1. The summed E-state index contributed by atoms with van der Waals surface area (Å²) in [4.78, 5) is 11.7. The Labute approximate surface area is 150 Å². The van der Waals surface area contributed by atoms with Crippen LogP contribution < -0.4 is 10.5 Å². The second-order valence-corrected chi connectivity index (χ2v) is 6.68. The molecule has 0 saturated carbocycles. The maximum absolute atomic E-state index is 11.7. The molecule has 0 heterocycles. The maximum atomic E-state index is 11.7. The predicted octanol–water partition coefficient (Wildman–Crippen LogP) is 4.61. The first-order valence-corrected chi connectivity index (χ1v) is 9.21. The Hall–Kier alpha value is -2.66. The number of nitrogens with two attached hydrogens (primary N) is 1. The molecule has 0 fully saturated rings. The molecule has 25 heavy (non-hydrogen) atoms. The van der Waals surface area contributed by atoms with Crippen molar-refractivity contribution in [3.8, 4) is 17.2 Å². The first kappa shape index (κ1) is 17.2. The van der Waals surface area contributed by atoms with Crippen molar-refractivity contribution < 1.29 is 14.6 Å². The lowest BCUT2D eigenvalue weighted by Gasteiger charge is -2.14. The average Bonchev–Trinajstić information content (AvgIpc) is 2.59. The number of ether oxygens (including phenoxy) is 1. The summed E-state index contributed by atoms with van der Waals surface area (Å²) in [7, 11) is 0. The lowest BCUT2D eigenvalue weighted by Crippen LogP contribution is -2.11. The van der Waals surface area contributed by atoms with Gasteiger partial charge in [-0.15, -0.1) is 0 Å². The Morgan fingerprint density at radius 3 is 2.48 bits per heavy atom. The van der Waals surface area contributed by atoms with Crippen LogP contribution in [0.3, 0.4) is 0 Å². The summed E-state index contributed by atoms with van der Waals surface area (Å²) < 4.78 is 6.08. The van der Waals surface area contributed by atoms with Crippen molar-refractivity contribution in [1.29, 1.82) is 0 Å². The monoisotopic (exact) mass is 353 g/mol. The Morgan fingerprint density at radius 2 is 1.84 bits per heavy atom. The van der Waals surface area contributed by atoms with Crippen molar-refractivity contribution in [2.24, 2.45) is 5.73 Å². The smallest absolute Gasteiger partial charge is 0.252 e. The summed E-state index contributed by atoms with van der Waals surface area (Å²) in [6.07, 6.45) is 2.06. The van der Waals surface area contributed by atoms with Gasteiger partial charge in [-0.1, -0.05) is 36.4 Å². The van der Waals surface area contributed by atoms with Crippen LogP contribution in [-0.2, 0) is 5.75 Å². The first-order chi connectivity index (χ1) is 12.0. The van der Waals surface area contributed by atoms with Gasteiger partial charge in [-0.2, -0.15) is 11.8 Å². The molecule has 0 unspecified atom stereocenters. The van der Waals surface area contributed by atoms with Crippen LogP contribution in [0.25, 0.3) is 10.8 Å². The number of phenols is 1. The molecule has 3 N–H and O–H groups in total. The summed E-state index contributed by atoms with van der Waals surface area (Å²) in [6.45, 7) is 1.98. The molecule has 0 aliphatic rings. The molecule has 5 heteroatoms. The molecule has 0 spiro atoms.